The summed E-state index contributed by atoms with van der Waals surface area (Å²) in [6.07, 6.45) is 2.15. The van der Waals surface area contributed by atoms with Crippen molar-refractivity contribution < 1.29 is 9.90 Å². The summed E-state index contributed by atoms with van der Waals surface area (Å²) in [7, 11) is 25.1. The largest absolute Gasteiger partial charge is 0.483 e. The molecule has 2 aromatic carbocycles. The predicted octanol–water partition coefficient (Wildman–Crippen LogP) is 5.02. The van der Waals surface area contributed by atoms with Crippen LogP contribution in [-0.4, -0.2) is 54.0 Å². The van der Waals surface area contributed by atoms with Gasteiger partial charge < -0.3 is 5.11 Å². The van der Waals surface area contributed by atoms with Gasteiger partial charge >= 0.3 is 0 Å². The molecule has 1 N–H and O–H groups in total. The molecular weight excluding hydrogens is 416 g/mol. The molecule has 2 aromatic rings. The normalized spacial score (nSPS) is 12.4. The highest BCUT2D eigenvalue weighted by atomic mass is 32.2. The molecule has 8 heteroatoms. The van der Waals surface area contributed by atoms with Gasteiger partial charge in [0, 0.05) is 16.8 Å². The van der Waals surface area contributed by atoms with Crippen LogP contribution in [0, 0.1) is 0 Å². The molecule has 0 aliphatic carbocycles. The highest BCUT2D eigenvalue weighted by Gasteiger charge is 2.35. The zero-order chi connectivity index (χ0) is 23.2. The van der Waals surface area contributed by atoms with E-state index in [-0.39, 0.29) is 6.47 Å². The van der Waals surface area contributed by atoms with Crippen LogP contribution in [0.3, 0.4) is 0 Å². The van der Waals surface area contributed by atoms with Crippen molar-refractivity contribution in [3.05, 3.63) is 71.8 Å². The summed E-state index contributed by atoms with van der Waals surface area (Å²) in [4.78, 5) is 8.36. The molecule has 0 saturated heterocycles. The van der Waals surface area contributed by atoms with Crippen molar-refractivity contribution in [2.24, 2.45) is 0 Å². The number of thioether (sulfide) groups is 2. The Hall–Kier alpha value is -1.13. The van der Waals surface area contributed by atoms with E-state index in [0.29, 0.717) is 18.1 Å². The molecular formula is C23H28B4O2S2. The van der Waals surface area contributed by atoms with Gasteiger partial charge in [-0.15, -0.1) is 10.4 Å². The maximum atomic E-state index is 8.36. The minimum absolute atomic E-state index is 0.250. The summed E-state index contributed by atoms with van der Waals surface area (Å²) in [6.45, 7) is 1.68. The first-order valence-electron chi connectivity index (χ1n) is 10.3. The first-order chi connectivity index (χ1) is 14.8. The molecule has 0 bridgehead atoms. The van der Waals surface area contributed by atoms with Gasteiger partial charge in [0.2, 0.25) is 0 Å². The number of hydrogen-bond donors (Lipinski definition) is 1. The smallest absolute Gasteiger partial charge is 0.290 e. The van der Waals surface area contributed by atoms with Gasteiger partial charge in [0.25, 0.3) is 6.47 Å². The van der Waals surface area contributed by atoms with Crippen LogP contribution in [0.25, 0.3) is 0 Å². The maximum absolute atomic E-state index is 8.36. The summed E-state index contributed by atoms with van der Waals surface area (Å²) in [5.74, 6) is 2.99. The van der Waals surface area contributed by atoms with Crippen LogP contribution in [0.2, 0.25) is 10.4 Å². The first-order valence-corrected chi connectivity index (χ1v) is 12.5. The van der Waals surface area contributed by atoms with Crippen molar-refractivity contribution in [1.82, 2.24) is 0 Å². The van der Waals surface area contributed by atoms with E-state index < -0.39 is 10.4 Å². The zero-order valence-corrected chi connectivity index (χ0v) is 19.8. The standard InChI is InChI=1S/C22H26B4S2.CH2O2/c1-2-21(23,24)22(25,26)15-20(28-17-19-11-7-4-8-12-19)13-14-27-16-18-9-5-3-6-10-18;2-1-3/h3-12,20H,2,13-17H2,1H3;1H,(H,2,3). The average molecular weight is 444 g/mol. The molecule has 0 heterocycles. The summed E-state index contributed by atoms with van der Waals surface area (Å²) in [5, 5.41) is 5.02. The molecule has 0 saturated carbocycles. The SMILES string of the molecule is O=CO.[B]C([B])(CC)C([B])([B])CC(CCSCc1ccccc1)SCc1ccccc1. The molecule has 0 aliphatic heterocycles. The van der Waals surface area contributed by atoms with Crippen LogP contribution in [0.1, 0.15) is 37.3 Å². The Morgan fingerprint density at radius 1 is 0.903 bits per heavy atom. The van der Waals surface area contributed by atoms with Gasteiger partial charge in [-0.3, -0.25) is 4.79 Å². The van der Waals surface area contributed by atoms with Crippen molar-refractivity contribution in [3.63, 3.8) is 0 Å². The Morgan fingerprint density at radius 2 is 1.39 bits per heavy atom. The summed E-state index contributed by atoms with van der Waals surface area (Å²) < 4.78 is 0. The molecule has 2 nitrogen and oxygen atoms in total. The lowest BCUT2D eigenvalue weighted by atomic mass is 9.28. The number of carbonyl (C=O) groups is 1. The van der Waals surface area contributed by atoms with E-state index in [1.165, 1.54) is 11.1 Å². The van der Waals surface area contributed by atoms with E-state index in [0.717, 1.165) is 23.7 Å². The van der Waals surface area contributed by atoms with E-state index in [1.54, 1.807) is 0 Å². The van der Waals surface area contributed by atoms with Crippen molar-refractivity contribution in [3.8, 4) is 0 Å². The topological polar surface area (TPSA) is 37.3 Å². The maximum Gasteiger partial charge on any atom is 0.290 e. The van der Waals surface area contributed by atoms with Gasteiger partial charge in [-0.2, -0.15) is 23.5 Å². The number of rotatable bonds is 12. The lowest BCUT2D eigenvalue weighted by molar-refractivity contribution is -0.122. The molecule has 0 amide bonds. The first kappa shape index (κ1) is 27.9. The average Bonchev–Trinajstić information content (AvgIpc) is 2.76. The van der Waals surface area contributed by atoms with Crippen LogP contribution in [-0.2, 0) is 16.3 Å². The molecule has 1 atom stereocenters. The van der Waals surface area contributed by atoms with Crippen LogP contribution >= 0.6 is 23.5 Å². The third-order valence-electron chi connectivity index (χ3n) is 5.04. The van der Waals surface area contributed by atoms with E-state index >= 15 is 0 Å². The van der Waals surface area contributed by atoms with E-state index in [4.69, 9.17) is 41.3 Å². The van der Waals surface area contributed by atoms with Crippen LogP contribution in [0.15, 0.2) is 60.7 Å². The van der Waals surface area contributed by atoms with E-state index in [1.807, 2.05) is 42.6 Å². The van der Waals surface area contributed by atoms with Gasteiger partial charge in [0.1, 0.15) is 0 Å². The Balaban J connectivity index is 0.00000151. The van der Waals surface area contributed by atoms with Gasteiger partial charge in [-0.05, 0) is 23.3 Å². The Morgan fingerprint density at radius 3 is 1.87 bits per heavy atom. The van der Waals surface area contributed by atoms with E-state index in [2.05, 4.69) is 48.5 Å². The number of benzene rings is 2. The lowest BCUT2D eigenvalue weighted by Crippen LogP contribution is -2.34. The van der Waals surface area contributed by atoms with Crippen LogP contribution < -0.4 is 0 Å². The predicted molar refractivity (Wildman–Crippen MR) is 141 cm³/mol. The van der Waals surface area contributed by atoms with Crippen molar-refractivity contribution in [2.75, 3.05) is 5.75 Å². The quantitative estimate of drug-likeness (QED) is 0.284. The van der Waals surface area contributed by atoms with Gasteiger partial charge in [-0.25, -0.2) is 0 Å². The third kappa shape index (κ3) is 10.8. The highest BCUT2D eigenvalue weighted by molar-refractivity contribution is 7.99. The monoisotopic (exact) mass is 444 g/mol. The second kappa shape index (κ2) is 14.8. The number of hydrogen-bond acceptors (Lipinski definition) is 3. The molecule has 2 rings (SSSR count). The molecule has 0 aliphatic rings. The fraction of sp³-hybridized carbons (Fsp3) is 0.435. The van der Waals surface area contributed by atoms with E-state index in [9.17, 15) is 0 Å². The Kier molecular flexibility index (Phi) is 13.4. The Bertz CT molecular complexity index is 731. The number of carboxylic acid groups (broad SMARTS) is 1. The Labute approximate surface area is 201 Å². The minimum Gasteiger partial charge on any atom is -0.483 e. The summed E-state index contributed by atoms with van der Waals surface area (Å²) in [6, 6.07) is 21.0. The van der Waals surface area contributed by atoms with Gasteiger partial charge in [-0.1, -0.05) is 80.4 Å². The van der Waals surface area contributed by atoms with Crippen molar-refractivity contribution >= 4 is 61.4 Å². The van der Waals surface area contributed by atoms with Crippen LogP contribution in [0.5, 0.6) is 0 Å². The fourth-order valence-corrected chi connectivity index (χ4v) is 5.38. The molecule has 0 fully saturated rings. The summed E-state index contributed by atoms with van der Waals surface area (Å²) >= 11 is 3.83. The fourth-order valence-electron chi connectivity index (χ4n) is 2.91. The van der Waals surface area contributed by atoms with Crippen molar-refractivity contribution in [1.29, 1.82) is 0 Å². The molecule has 31 heavy (non-hydrogen) atoms. The molecule has 8 radical (unpaired) electrons. The molecule has 0 spiro atoms. The third-order valence-corrected chi connectivity index (χ3v) is 7.48. The molecule has 1 unspecified atom stereocenters. The van der Waals surface area contributed by atoms with Crippen molar-refractivity contribution in [2.45, 2.75) is 53.4 Å². The second-order valence-corrected chi connectivity index (χ2v) is 9.88. The zero-order valence-electron chi connectivity index (χ0n) is 18.2. The van der Waals surface area contributed by atoms with Gasteiger partial charge in [0.05, 0.1) is 31.4 Å². The molecule has 0 aromatic heterocycles. The minimum atomic E-state index is -1.10. The van der Waals surface area contributed by atoms with Crippen LogP contribution in [0.4, 0.5) is 0 Å². The summed E-state index contributed by atoms with van der Waals surface area (Å²) in [5.41, 5.74) is 2.65. The molecule has 156 valence electrons. The highest BCUT2D eigenvalue weighted by Crippen LogP contribution is 2.49. The second-order valence-electron chi connectivity index (χ2n) is 7.49. The lowest BCUT2D eigenvalue weighted by Gasteiger charge is -2.45. The van der Waals surface area contributed by atoms with Gasteiger partial charge in [0.15, 0.2) is 0 Å².